The van der Waals surface area contributed by atoms with Crippen LogP contribution in [0, 0.1) is 17.8 Å². The molecular formula is C53H105NO6. The number of rotatable bonds is 42. The van der Waals surface area contributed by atoms with Gasteiger partial charge in [-0.3, -0.25) is 9.59 Å². The van der Waals surface area contributed by atoms with Gasteiger partial charge in [0.2, 0.25) is 0 Å². The Morgan fingerprint density at radius 3 is 1.10 bits per heavy atom. The van der Waals surface area contributed by atoms with Gasteiger partial charge in [0.05, 0.1) is 13.2 Å². The Labute approximate surface area is 374 Å². The van der Waals surface area contributed by atoms with Crippen LogP contribution >= 0.6 is 0 Å². The third-order valence-corrected chi connectivity index (χ3v) is 13.0. The second-order valence-corrected chi connectivity index (χ2v) is 18.3. The molecule has 0 bridgehead atoms. The van der Waals surface area contributed by atoms with Crippen molar-refractivity contribution in [3.8, 4) is 0 Å². The number of carbonyl (C=O) groups is 3. The van der Waals surface area contributed by atoms with E-state index in [1.807, 2.05) is 6.79 Å². The van der Waals surface area contributed by atoms with Gasteiger partial charge in [-0.2, -0.15) is 0 Å². The molecule has 60 heavy (non-hydrogen) atoms. The standard InChI is InChI=1S/C51H99NO4.CH4O.CH2O/c1-5-9-20-31-48(32-21-10-6-2)40-45-55-50(53)38-26-17-13-15-24-35-47(37-30-44-52-42-28-19-29-43-52)36-25-16-14-18-27-39-51(54)56-46-41-49(33-22-11-7-3)34-23-12-8-4;2*1-2/h47-49H,5-46H2,1-4H3;2H,1H3;1H2. The van der Waals surface area contributed by atoms with Gasteiger partial charge >= 0.3 is 11.9 Å². The number of aliphatic hydroxyl groups is 1. The van der Waals surface area contributed by atoms with Gasteiger partial charge in [0.15, 0.2) is 0 Å². The summed E-state index contributed by atoms with van der Waals surface area (Å²) in [6.45, 7) is 16.2. The average molecular weight is 852 g/mol. The zero-order valence-electron chi connectivity index (χ0n) is 41.1. The van der Waals surface area contributed by atoms with Crippen LogP contribution in [0.2, 0.25) is 0 Å². The molecule has 7 nitrogen and oxygen atoms in total. The number of hydrogen-bond acceptors (Lipinski definition) is 7. The van der Waals surface area contributed by atoms with Crippen LogP contribution in [0.25, 0.3) is 0 Å². The Bertz CT molecular complexity index is 788. The minimum atomic E-state index is 0.0225. The molecule has 0 unspecified atom stereocenters. The van der Waals surface area contributed by atoms with Crippen molar-refractivity contribution >= 4 is 18.7 Å². The molecular weight excluding hydrogens is 747 g/mol. The van der Waals surface area contributed by atoms with Crippen molar-refractivity contribution in [2.24, 2.45) is 17.8 Å². The Morgan fingerprint density at radius 2 is 0.733 bits per heavy atom. The normalized spacial score (nSPS) is 12.9. The number of likely N-dealkylation sites (tertiary alicyclic amines) is 1. The summed E-state index contributed by atoms with van der Waals surface area (Å²) in [7, 11) is 1.00. The number of hydrogen-bond donors (Lipinski definition) is 1. The van der Waals surface area contributed by atoms with E-state index in [9.17, 15) is 9.59 Å². The molecule has 1 saturated heterocycles. The van der Waals surface area contributed by atoms with E-state index in [2.05, 4.69) is 32.6 Å². The topological polar surface area (TPSA) is 93.1 Å². The highest BCUT2D eigenvalue weighted by Crippen LogP contribution is 2.25. The zero-order chi connectivity index (χ0) is 44.6. The molecule has 358 valence electrons. The van der Waals surface area contributed by atoms with Crippen molar-refractivity contribution in [2.75, 3.05) is 40.0 Å². The number of nitrogens with zero attached hydrogens (tertiary/aromatic N) is 1. The summed E-state index contributed by atoms with van der Waals surface area (Å²) in [5.74, 6) is 2.35. The van der Waals surface area contributed by atoms with Gasteiger partial charge in [-0.1, -0.05) is 201 Å². The van der Waals surface area contributed by atoms with Crippen molar-refractivity contribution in [1.29, 1.82) is 0 Å². The first-order chi connectivity index (χ1) is 29.5. The van der Waals surface area contributed by atoms with E-state index < -0.39 is 0 Å². The number of ether oxygens (including phenoxy) is 2. The molecule has 1 fully saturated rings. The third kappa shape index (κ3) is 41.9. The third-order valence-electron chi connectivity index (χ3n) is 13.0. The first-order valence-electron chi connectivity index (χ1n) is 26.3. The Kier molecular flexibility index (Phi) is 50.7. The maximum atomic E-state index is 12.4. The highest BCUT2D eigenvalue weighted by Gasteiger charge is 2.15. The lowest BCUT2D eigenvalue weighted by atomic mass is 9.90. The minimum absolute atomic E-state index is 0.0225. The van der Waals surface area contributed by atoms with Crippen LogP contribution in [0.4, 0.5) is 0 Å². The molecule has 0 saturated carbocycles. The molecule has 1 rings (SSSR count). The Balaban J connectivity index is 0. The van der Waals surface area contributed by atoms with E-state index in [0.29, 0.717) is 26.1 Å². The van der Waals surface area contributed by atoms with Crippen molar-refractivity contribution in [1.82, 2.24) is 4.90 Å². The summed E-state index contributed by atoms with van der Waals surface area (Å²) in [6.07, 6.45) is 45.8. The second-order valence-electron chi connectivity index (χ2n) is 18.3. The molecule has 1 heterocycles. The summed E-state index contributed by atoms with van der Waals surface area (Å²) in [4.78, 5) is 35.6. The summed E-state index contributed by atoms with van der Waals surface area (Å²) in [5.41, 5.74) is 0. The van der Waals surface area contributed by atoms with E-state index in [0.717, 1.165) is 63.4 Å². The lowest BCUT2D eigenvalue weighted by Crippen LogP contribution is -2.30. The van der Waals surface area contributed by atoms with E-state index in [1.165, 1.54) is 206 Å². The monoisotopic (exact) mass is 852 g/mol. The molecule has 1 aliphatic heterocycles. The predicted molar refractivity (Wildman–Crippen MR) is 258 cm³/mol. The molecule has 0 aromatic heterocycles. The molecule has 0 radical (unpaired) electrons. The van der Waals surface area contributed by atoms with Crippen LogP contribution in [0.3, 0.4) is 0 Å². The number of unbranched alkanes of at least 4 members (excludes halogenated alkanes) is 16. The number of esters is 2. The highest BCUT2D eigenvalue weighted by atomic mass is 16.5. The molecule has 1 N–H and O–H groups in total. The number of carbonyl (C=O) groups excluding carboxylic acids is 3. The number of aliphatic hydroxyl groups excluding tert-OH is 1. The van der Waals surface area contributed by atoms with Gasteiger partial charge < -0.3 is 24.3 Å². The van der Waals surface area contributed by atoms with Crippen LogP contribution in [0.15, 0.2) is 0 Å². The van der Waals surface area contributed by atoms with Crippen molar-refractivity contribution in [2.45, 2.75) is 265 Å². The van der Waals surface area contributed by atoms with Gasteiger partial charge in [-0.15, -0.1) is 0 Å². The maximum Gasteiger partial charge on any atom is 0.305 e. The van der Waals surface area contributed by atoms with Crippen LogP contribution in [0.5, 0.6) is 0 Å². The van der Waals surface area contributed by atoms with Crippen molar-refractivity contribution in [3.05, 3.63) is 0 Å². The van der Waals surface area contributed by atoms with Crippen LogP contribution < -0.4 is 0 Å². The molecule has 0 spiro atoms. The predicted octanol–water partition coefficient (Wildman–Crippen LogP) is 15.2. The quantitative estimate of drug-likeness (QED) is 0.0483. The highest BCUT2D eigenvalue weighted by molar-refractivity contribution is 5.69. The first-order valence-corrected chi connectivity index (χ1v) is 26.3. The largest absolute Gasteiger partial charge is 0.466 e. The molecule has 0 aromatic carbocycles. The summed E-state index contributed by atoms with van der Waals surface area (Å²) in [6, 6.07) is 0. The van der Waals surface area contributed by atoms with Gasteiger partial charge in [0.25, 0.3) is 0 Å². The summed E-state index contributed by atoms with van der Waals surface area (Å²) < 4.78 is 11.4. The molecule has 7 heteroatoms. The van der Waals surface area contributed by atoms with E-state index in [1.54, 1.807) is 0 Å². The van der Waals surface area contributed by atoms with Crippen molar-refractivity contribution in [3.63, 3.8) is 0 Å². The second kappa shape index (κ2) is 50.2. The van der Waals surface area contributed by atoms with Crippen molar-refractivity contribution < 1.29 is 29.0 Å². The zero-order valence-corrected chi connectivity index (χ0v) is 41.1. The molecule has 0 aliphatic carbocycles. The lowest BCUT2D eigenvalue weighted by molar-refractivity contribution is -0.145. The van der Waals surface area contributed by atoms with Gasteiger partial charge in [-0.05, 0) is 88.8 Å². The van der Waals surface area contributed by atoms with E-state index >= 15 is 0 Å². The van der Waals surface area contributed by atoms with E-state index in [-0.39, 0.29) is 11.9 Å². The van der Waals surface area contributed by atoms with Crippen LogP contribution in [-0.4, -0.2) is 68.7 Å². The lowest BCUT2D eigenvalue weighted by Gasteiger charge is -2.27. The first kappa shape index (κ1) is 60.6. The fourth-order valence-electron chi connectivity index (χ4n) is 9.11. The van der Waals surface area contributed by atoms with Crippen LogP contribution in [0.1, 0.15) is 265 Å². The Hall–Kier alpha value is -1.47. The maximum absolute atomic E-state index is 12.4. The van der Waals surface area contributed by atoms with Gasteiger partial charge in [0, 0.05) is 20.0 Å². The fourth-order valence-corrected chi connectivity index (χ4v) is 9.11. The molecule has 1 aliphatic rings. The van der Waals surface area contributed by atoms with Crippen LogP contribution in [-0.2, 0) is 23.9 Å². The molecule has 0 atom stereocenters. The molecule has 0 amide bonds. The summed E-state index contributed by atoms with van der Waals surface area (Å²) >= 11 is 0. The van der Waals surface area contributed by atoms with Gasteiger partial charge in [-0.25, -0.2) is 0 Å². The smallest absolute Gasteiger partial charge is 0.305 e. The Morgan fingerprint density at radius 1 is 0.433 bits per heavy atom. The van der Waals surface area contributed by atoms with E-state index in [4.69, 9.17) is 19.4 Å². The van der Waals surface area contributed by atoms with Gasteiger partial charge in [0.1, 0.15) is 6.79 Å². The number of piperidine rings is 1. The summed E-state index contributed by atoms with van der Waals surface area (Å²) in [5, 5.41) is 7.00. The average Bonchev–Trinajstić information content (AvgIpc) is 3.27. The minimum Gasteiger partial charge on any atom is -0.466 e. The fraction of sp³-hybridized carbons (Fsp3) is 0.943. The SMILES string of the molecule is C=O.CCCCCC(CCCCC)CCOC(=O)CCCCCCCC(CCCCCCCC(=O)OCCC(CCCCC)CCCCC)CCCN1CCCCC1.CO. The molecule has 0 aromatic rings.